The van der Waals surface area contributed by atoms with Crippen molar-refractivity contribution in [2.24, 2.45) is 0 Å². The van der Waals surface area contributed by atoms with Gasteiger partial charge in [-0.3, -0.25) is 9.59 Å². The van der Waals surface area contributed by atoms with E-state index in [1.807, 2.05) is 32.0 Å². The van der Waals surface area contributed by atoms with E-state index in [4.69, 9.17) is 4.74 Å². The summed E-state index contributed by atoms with van der Waals surface area (Å²) in [5.41, 5.74) is 0.809. The highest BCUT2D eigenvalue weighted by atomic mass is 19.4. The van der Waals surface area contributed by atoms with Crippen LogP contribution in [0, 0.1) is 20.8 Å². The van der Waals surface area contributed by atoms with E-state index in [2.05, 4.69) is 5.10 Å². The second-order valence-corrected chi connectivity index (χ2v) is 8.79. The summed E-state index contributed by atoms with van der Waals surface area (Å²) in [5.74, 6) is 0.308. The van der Waals surface area contributed by atoms with Crippen molar-refractivity contribution < 1.29 is 22.7 Å². The van der Waals surface area contributed by atoms with Crippen LogP contribution >= 0.6 is 0 Å². The lowest BCUT2D eigenvalue weighted by Gasteiger charge is -2.32. The van der Waals surface area contributed by atoms with Gasteiger partial charge in [0.05, 0.1) is 11.3 Å². The molecule has 3 aromatic rings. The zero-order chi connectivity index (χ0) is 25.3. The topological polar surface area (TPSA) is 64.4 Å². The molecule has 0 spiro atoms. The number of likely N-dealkylation sites (tertiary alicyclic amines) is 1. The van der Waals surface area contributed by atoms with Gasteiger partial charge in [0, 0.05) is 37.7 Å². The summed E-state index contributed by atoms with van der Waals surface area (Å²) in [4.78, 5) is 27.3. The molecule has 35 heavy (non-hydrogen) atoms. The number of aryl methyl sites for hydroxylation is 3. The van der Waals surface area contributed by atoms with Crippen molar-refractivity contribution in [3.63, 3.8) is 0 Å². The lowest BCUT2D eigenvalue weighted by Crippen LogP contribution is -2.44. The Morgan fingerprint density at radius 2 is 1.63 bits per heavy atom. The van der Waals surface area contributed by atoms with E-state index in [-0.39, 0.29) is 17.5 Å². The highest BCUT2D eigenvalue weighted by molar-refractivity contribution is 5.92. The van der Waals surface area contributed by atoms with Gasteiger partial charge < -0.3 is 9.64 Å². The summed E-state index contributed by atoms with van der Waals surface area (Å²) in [6.45, 7) is 6.29. The van der Waals surface area contributed by atoms with Crippen LogP contribution in [0.5, 0.6) is 5.75 Å². The summed E-state index contributed by atoms with van der Waals surface area (Å²) in [5, 5.41) is 4.16. The number of hydrogen-bond acceptors (Lipinski definition) is 4. The zero-order valence-electron chi connectivity index (χ0n) is 19.7. The van der Waals surface area contributed by atoms with E-state index >= 15 is 0 Å². The molecule has 0 saturated carbocycles. The van der Waals surface area contributed by atoms with Crippen molar-refractivity contribution in [3.05, 3.63) is 86.8 Å². The molecule has 2 aromatic carbocycles. The smallest absolute Gasteiger partial charge is 0.416 e. The van der Waals surface area contributed by atoms with Gasteiger partial charge in [-0.25, -0.2) is 4.68 Å². The minimum Gasteiger partial charge on any atom is -0.490 e. The average molecular weight is 486 g/mol. The van der Waals surface area contributed by atoms with Gasteiger partial charge in [0.1, 0.15) is 11.9 Å². The third-order valence-corrected chi connectivity index (χ3v) is 6.15. The largest absolute Gasteiger partial charge is 0.490 e. The Labute approximate surface area is 200 Å². The number of alkyl halides is 3. The average Bonchev–Trinajstić information content (AvgIpc) is 2.81. The van der Waals surface area contributed by atoms with Crippen LogP contribution in [0.3, 0.4) is 0 Å². The van der Waals surface area contributed by atoms with Gasteiger partial charge in [0.2, 0.25) is 5.43 Å². The van der Waals surface area contributed by atoms with Crippen molar-refractivity contribution in [2.45, 2.75) is 45.9 Å². The standard InChI is InChI=1S/C26H26F3N3O3/c1-16-6-4-7-17(2)24(16)35-21-10-12-31(13-11-21)25(34)23-22(33)14-18(3)32(30-23)20-9-5-8-19(15-20)26(27,28)29/h4-9,14-15,21H,10-13H2,1-3H3. The summed E-state index contributed by atoms with van der Waals surface area (Å²) in [6, 6.07) is 11.8. The summed E-state index contributed by atoms with van der Waals surface area (Å²) < 4.78 is 46.9. The number of halogens is 3. The Kier molecular flexibility index (Phi) is 6.69. The first-order valence-electron chi connectivity index (χ1n) is 11.4. The molecule has 2 heterocycles. The van der Waals surface area contributed by atoms with Gasteiger partial charge >= 0.3 is 6.18 Å². The number of rotatable bonds is 4. The molecular weight excluding hydrogens is 459 g/mol. The Bertz CT molecular complexity index is 1290. The maximum absolute atomic E-state index is 13.2. The number of benzene rings is 2. The second kappa shape index (κ2) is 9.56. The van der Waals surface area contributed by atoms with E-state index in [0.29, 0.717) is 31.6 Å². The Balaban J connectivity index is 1.52. The van der Waals surface area contributed by atoms with Gasteiger partial charge in [-0.05, 0) is 50.1 Å². The fraction of sp³-hybridized carbons (Fsp3) is 0.346. The third-order valence-electron chi connectivity index (χ3n) is 6.15. The monoisotopic (exact) mass is 485 g/mol. The first-order valence-corrected chi connectivity index (χ1v) is 11.4. The van der Waals surface area contributed by atoms with Crippen LogP contribution in [0.15, 0.2) is 53.3 Å². The minimum atomic E-state index is -4.52. The minimum absolute atomic E-state index is 0.0633. The van der Waals surface area contributed by atoms with Crippen LogP contribution in [0.2, 0.25) is 0 Å². The molecule has 0 atom stereocenters. The van der Waals surface area contributed by atoms with Crippen LogP contribution in [0.25, 0.3) is 5.69 Å². The summed E-state index contributed by atoms with van der Waals surface area (Å²) in [6.07, 6.45) is -3.41. The molecule has 1 saturated heterocycles. The normalized spacial score (nSPS) is 14.7. The summed E-state index contributed by atoms with van der Waals surface area (Å²) in [7, 11) is 0. The van der Waals surface area contributed by atoms with E-state index in [0.717, 1.165) is 29.0 Å². The number of aromatic nitrogens is 2. The van der Waals surface area contributed by atoms with Crippen LogP contribution in [-0.2, 0) is 6.18 Å². The first-order chi connectivity index (χ1) is 16.5. The number of nitrogens with zero attached hydrogens (tertiary/aromatic N) is 3. The quantitative estimate of drug-likeness (QED) is 0.530. The van der Waals surface area contributed by atoms with Gasteiger partial charge in [-0.1, -0.05) is 24.3 Å². The summed E-state index contributed by atoms with van der Waals surface area (Å²) >= 11 is 0. The van der Waals surface area contributed by atoms with Crippen molar-refractivity contribution in [1.29, 1.82) is 0 Å². The molecule has 1 aromatic heterocycles. The van der Waals surface area contributed by atoms with E-state index in [9.17, 15) is 22.8 Å². The fourth-order valence-electron chi connectivity index (χ4n) is 4.25. The SMILES string of the molecule is Cc1cccc(C)c1OC1CCN(C(=O)c2nn(-c3cccc(C(F)(F)F)c3)c(C)cc2=O)CC1. The van der Waals surface area contributed by atoms with Gasteiger partial charge in [-0.2, -0.15) is 18.3 Å². The molecule has 1 fully saturated rings. The number of hydrogen-bond donors (Lipinski definition) is 0. The van der Waals surface area contributed by atoms with Crippen LogP contribution in [-0.4, -0.2) is 39.8 Å². The van der Waals surface area contributed by atoms with Crippen LogP contribution in [0.1, 0.15) is 45.7 Å². The molecule has 1 amide bonds. The number of amides is 1. The number of carbonyl (C=O) groups is 1. The van der Waals surface area contributed by atoms with E-state index < -0.39 is 23.1 Å². The molecule has 9 heteroatoms. The Morgan fingerprint density at radius 1 is 1.00 bits per heavy atom. The maximum atomic E-state index is 13.2. The molecule has 0 radical (unpaired) electrons. The lowest BCUT2D eigenvalue weighted by molar-refractivity contribution is -0.137. The lowest BCUT2D eigenvalue weighted by atomic mass is 10.1. The van der Waals surface area contributed by atoms with E-state index in [1.54, 1.807) is 11.8 Å². The van der Waals surface area contributed by atoms with Crippen molar-refractivity contribution >= 4 is 5.91 Å². The molecule has 1 aliphatic heterocycles. The highest BCUT2D eigenvalue weighted by Crippen LogP contribution is 2.30. The zero-order valence-corrected chi connectivity index (χ0v) is 19.7. The van der Waals surface area contributed by atoms with Crippen molar-refractivity contribution in [2.75, 3.05) is 13.1 Å². The number of ether oxygens (including phenoxy) is 1. The van der Waals surface area contributed by atoms with Gasteiger partial charge in [0.25, 0.3) is 5.91 Å². The Hall–Kier alpha value is -3.62. The fourth-order valence-corrected chi connectivity index (χ4v) is 4.25. The van der Waals surface area contributed by atoms with Crippen molar-refractivity contribution in [1.82, 2.24) is 14.7 Å². The Morgan fingerprint density at radius 3 is 2.26 bits per heavy atom. The number of para-hydroxylation sites is 1. The molecule has 1 aliphatic rings. The van der Waals surface area contributed by atoms with E-state index in [1.165, 1.54) is 22.9 Å². The molecule has 4 rings (SSSR count). The molecule has 6 nitrogen and oxygen atoms in total. The third kappa shape index (κ3) is 5.23. The first kappa shape index (κ1) is 24.5. The number of carbonyl (C=O) groups excluding carboxylic acids is 1. The van der Waals surface area contributed by atoms with Gasteiger partial charge in [0.15, 0.2) is 5.69 Å². The predicted molar refractivity (Wildman–Crippen MR) is 125 cm³/mol. The predicted octanol–water partition coefficient (Wildman–Crippen LogP) is 4.86. The highest BCUT2D eigenvalue weighted by Gasteiger charge is 2.31. The molecule has 0 bridgehead atoms. The molecule has 0 unspecified atom stereocenters. The maximum Gasteiger partial charge on any atom is 0.416 e. The molecular formula is C26H26F3N3O3. The van der Waals surface area contributed by atoms with Gasteiger partial charge in [-0.15, -0.1) is 0 Å². The molecule has 184 valence electrons. The molecule has 0 aliphatic carbocycles. The number of piperidine rings is 1. The second-order valence-electron chi connectivity index (χ2n) is 8.79. The molecule has 0 N–H and O–H groups in total. The van der Waals surface area contributed by atoms with Crippen molar-refractivity contribution in [3.8, 4) is 11.4 Å². The van der Waals surface area contributed by atoms with Crippen LogP contribution in [0.4, 0.5) is 13.2 Å². The van der Waals surface area contributed by atoms with Crippen LogP contribution < -0.4 is 10.2 Å².